The molecule has 2 fully saturated rings. The van der Waals surface area contributed by atoms with Gasteiger partial charge in [-0.3, -0.25) is 4.79 Å². The highest BCUT2D eigenvalue weighted by Crippen LogP contribution is 2.40. The molecule has 1 saturated carbocycles. The summed E-state index contributed by atoms with van der Waals surface area (Å²) in [6.07, 6.45) is 0.721. The summed E-state index contributed by atoms with van der Waals surface area (Å²) < 4.78 is 76.9. The fraction of sp³-hybridized carbons (Fsp3) is 0.438. The van der Waals surface area contributed by atoms with Gasteiger partial charge < -0.3 is 23.8 Å². The van der Waals surface area contributed by atoms with E-state index in [1.165, 1.54) is 62.5 Å². The molecule has 1 heterocycles. The van der Waals surface area contributed by atoms with Crippen molar-refractivity contribution < 1.29 is 45.7 Å². The number of carbonyl (C=O) groups is 2. The third-order valence-corrected chi connectivity index (χ3v) is 11.2. The Morgan fingerprint density at radius 1 is 1.10 bits per heavy atom. The van der Waals surface area contributed by atoms with E-state index in [0.717, 1.165) is 28.9 Å². The van der Waals surface area contributed by atoms with E-state index in [0.29, 0.717) is 17.1 Å². The van der Waals surface area contributed by atoms with E-state index in [2.05, 4.69) is 11.3 Å². The molecule has 1 saturated heterocycles. The van der Waals surface area contributed by atoms with Gasteiger partial charge in [-0.25, -0.2) is 13.2 Å². The number of alkyl halides is 2. The lowest BCUT2D eigenvalue weighted by Crippen LogP contribution is -2.40. The normalized spacial score (nSPS) is 17.8. The standard InChI is InChI=1S/C32H36Cl2F2N2O8S2/c1-18(33)23(19(2)34)16-27(21-8-10-26(46-32(35)36)28(14-21)44-17-20-6-7-20)45-31(40)30-38(12-13-47-30)48(41,42)22-9-11-25(43-5)24(15-22)29(39)37(3)4/h8-11,14-15,20,27,30,32H,1,6-7,12-13,16-17H2,2-5H3/b23-19+/t27-,30-/m0/s1. The van der Waals surface area contributed by atoms with Crippen LogP contribution in [0.25, 0.3) is 0 Å². The Balaban J connectivity index is 1.68. The van der Waals surface area contributed by atoms with E-state index in [1.54, 1.807) is 6.92 Å². The third-order valence-electron chi connectivity index (χ3n) is 7.58. The maximum atomic E-state index is 13.9. The molecule has 1 aliphatic carbocycles. The maximum absolute atomic E-state index is 13.9. The number of methoxy groups -OCH3 is 1. The van der Waals surface area contributed by atoms with Crippen LogP contribution in [0.1, 0.15) is 48.2 Å². The van der Waals surface area contributed by atoms with Gasteiger partial charge in [0.05, 0.1) is 24.2 Å². The first-order valence-corrected chi connectivity index (χ1v) is 18.0. The third kappa shape index (κ3) is 9.14. The van der Waals surface area contributed by atoms with Gasteiger partial charge >= 0.3 is 12.6 Å². The van der Waals surface area contributed by atoms with Crippen LogP contribution in [0.3, 0.4) is 0 Å². The van der Waals surface area contributed by atoms with Gasteiger partial charge in [0.25, 0.3) is 5.91 Å². The predicted octanol–water partition coefficient (Wildman–Crippen LogP) is 6.79. The fourth-order valence-electron chi connectivity index (χ4n) is 4.85. The van der Waals surface area contributed by atoms with Crippen LogP contribution in [0.15, 0.2) is 63.5 Å². The number of amides is 1. The Bertz CT molecular complexity index is 1680. The van der Waals surface area contributed by atoms with E-state index in [1.807, 2.05) is 0 Å². The van der Waals surface area contributed by atoms with Crippen LogP contribution in [-0.2, 0) is 19.6 Å². The smallest absolute Gasteiger partial charge is 0.387 e. The van der Waals surface area contributed by atoms with E-state index in [9.17, 15) is 26.8 Å². The molecule has 1 aliphatic heterocycles. The quantitative estimate of drug-likeness (QED) is 0.144. The molecule has 0 bridgehead atoms. The van der Waals surface area contributed by atoms with Crippen molar-refractivity contribution in [3.8, 4) is 17.2 Å². The van der Waals surface area contributed by atoms with Crippen molar-refractivity contribution >= 4 is 56.9 Å². The molecule has 262 valence electrons. The first kappa shape index (κ1) is 37.8. The monoisotopic (exact) mass is 748 g/mol. The highest BCUT2D eigenvalue weighted by molar-refractivity contribution is 8.02. The number of rotatable bonds is 15. The Morgan fingerprint density at radius 3 is 2.38 bits per heavy atom. The molecule has 2 atom stereocenters. The second-order valence-corrected chi connectivity index (χ2v) is 15.4. The van der Waals surface area contributed by atoms with Gasteiger partial charge in [-0.1, -0.05) is 35.8 Å². The maximum Gasteiger partial charge on any atom is 0.387 e. The lowest BCUT2D eigenvalue weighted by Gasteiger charge is -2.26. The largest absolute Gasteiger partial charge is 0.496 e. The second-order valence-electron chi connectivity index (χ2n) is 11.3. The predicted molar refractivity (Wildman–Crippen MR) is 179 cm³/mol. The number of carbonyl (C=O) groups excluding carboxylic acids is 2. The van der Waals surface area contributed by atoms with Crippen LogP contribution in [-0.4, -0.2) is 81.6 Å². The van der Waals surface area contributed by atoms with E-state index in [-0.39, 0.29) is 63.1 Å². The molecule has 16 heteroatoms. The Morgan fingerprint density at radius 2 is 1.79 bits per heavy atom. The summed E-state index contributed by atoms with van der Waals surface area (Å²) in [6, 6.07) is 8.05. The highest BCUT2D eigenvalue weighted by Gasteiger charge is 2.42. The summed E-state index contributed by atoms with van der Waals surface area (Å²) in [7, 11) is 0.100. The van der Waals surface area contributed by atoms with Crippen LogP contribution in [0.5, 0.6) is 17.2 Å². The van der Waals surface area contributed by atoms with Gasteiger partial charge in [0.2, 0.25) is 10.0 Å². The summed E-state index contributed by atoms with van der Waals surface area (Å²) in [5.41, 5.74) is 0.735. The molecule has 4 rings (SSSR count). The molecule has 0 N–H and O–H groups in total. The average Bonchev–Trinajstić information content (AvgIpc) is 3.72. The number of allylic oxidation sites excluding steroid dienone is 2. The molecule has 10 nitrogen and oxygen atoms in total. The summed E-state index contributed by atoms with van der Waals surface area (Å²) in [4.78, 5) is 27.7. The van der Waals surface area contributed by atoms with Crippen molar-refractivity contribution in [1.82, 2.24) is 9.21 Å². The van der Waals surface area contributed by atoms with Gasteiger partial charge in [0, 0.05) is 42.9 Å². The summed E-state index contributed by atoms with van der Waals surface area (Å²) >= 11 is 13.6. The fourth-order valence-corrected chi connectivity index (χ4v) is 8.38. The number of ether oxygens (including phenoxy) is 4. The van der Waals surface area contributed by atoms with Crippen LogP contribution in [0.2, 0.25) is 0 Å². The Labute approximate surface area is 293 Å². The molecule has 0 spiro atoms. The lowest BCUT2D eigenvalue weighted by molar-refractivity contribution is -0.150. The number of halogens is 4. The van der Waals surface area contributed by atoms with Crippen molar-refractivity contribution in [2.45, 2.75) is 49.2 Å². The number of esters is 1. The van der Waals surface area contributed by atoms with Crippen LogP contribution in [0, 0.1) is 5.92 Å². The Kier molecular flexibility index (Phi) is 12.7. The number of thioether (sulfide) groups is 1. The molecule has 1 amide bonds. The zero-order chi connectivity index (χ0) is 35.3. The van der Waals surface area contributed by atoms with Crippen LogP contribution < -0.4 is 14.2 Å². The lowest BCUT2D eigenvalue weighted by atomic mass is 10.00. The van der Waals surface area contributed by atoms with Crippen molar-refractivity contribution in [3.63, 3.8) is 0 Å². The SMILES string of the molecule is C=C(Cl)/C(C[C@H](OC(=O)[C@@H]1SCCN1S(=O)(=O)c1ccc(OC)c(C(=O)N(C)C)c1)c1ccc(OC(F)F)c(OCC2CC2)c1)=C(\C)Cl. The molecule has 0 aromatic heterocycles. The van der Waals surface area contributed by atoms with Crippen molar-refractivity contribution in [1.29, 1.82) is 0 Å². The van der Waals surface area contributed by atoms with Gasteiger partial charge in [0.1, 0.15) is 11.9 Å². The van der Waals surface area contributed by atoms with Crippen LogP contribution in [0.4, 0.5) is 8.78 Å². The first-order valence-electron chi connectivity index (χ1n) is 14.8. The topological polar surface area (TPSA) is 112 Å². The average molecular weight is 750 g/mol. The highest BCUT2D eigenvalue weighted by atomic mass is 35.5. The minimum Gasteiger partial charge on any atom is -0.496 e. The van der Waals surface area contributed by atoms with Gasteiger partial charge in [0.15, 0.2) is 16.9 Å². The number of hydrogen-bond donors (Lipinski definition) is 0. The number of nitrogens with zero attached hydrogens (tertiary/aromatic N) is 2. The molecule has 2 aromatic carbocycles. The zero-order valence-electron chi connectivity index (χ0n) is 26.7. The van der Waals surface area contributed by atoms with E-state index < -0.39 is 40.0 Å². The van der Waals surface area contributed by atoms with Crippen LogP contribution >= 0.6 is 35.0 Å². The summed E-state index contributed by atoms with van der Waals surface area (Å²) in [5.74, 6) is -0.752. The molecule has 0 radical (unpaired) electrons. The van der Waals surface area contributed by atoms with Gasteiger partial charge in [-0.05, 0) is 67.2 Å². The molecule has 0 unspecified atom stereocenters. The van der Waals surface area contributed by atoms with Crippen molar-refractivity contribution in [3.05, 3.63) is 69.7 Å². The molecular formula is C32H36Cl2F2N2O8S2. The molecule has 2 aliphatic rings. The Hall–Kier alpha value is -3.04. The zero-order valence-corrected chi connectivity index (χ0v) is 29.9. The van der Waals surface area contributed by atoms with Crippen molar-refractivity contribution in [2.24, 2.45) is 5.92 Å². The summed E-state index contributed by atoms with van der Waals surface area (Å²) in [6.45, 7) is 2.51. The molecule has 48 heavy (non-hydrogen) atoms. The number of benzene rings is 2. The van der Waals surface area contributed by atoms with Gasteiger partial charge in [-0.15, -0.1) is 11.8 Å². The number of hydrogen-bond acceptors (Lipinski definition) is 9. The first-order chi connectivity index (χ1) is 22.6. The van der Waals surface area contributed by atoms with Gasteiger partial charge in [-0.2, -0.15) is 13.1 Å². The molecule has 2 aromatic rings. The van der Waals surface area contributed by atoms with E-state index in [4.69, 9.17) is 37.4 Å². The number of sulfonamides is 1. The molecular weight excluding hydrogens is 713 g/mol. The summed E-state index contributed by atoms with van der Waals surface area (Å²) in [5, 5.41) is -0.919. The minimum absolute atomic E-state index is 0.0102. The second kappa shape index (κ2) is 16.1. The van der Waals surface area contributed by atoms with Crippen molar-refractivity contribution in [2.75, 3.05) is 40.1 Å². The van der Waals surface area contributed by atoms with E-state index >= 15 is 0 Å². The minimum atomic E-state index is -4.31.